The Hall–Kier alpha value is -2.75. The van der Waals surface area contributed by atoms with Crippen LogP contribution in [0.4, 0.5) is 0 Å². The van der Waals surface area contributed by atoms with Gasteiger partial charge in [0, 0.05) is 5.56 Å². The van der Waals surface area contributed by atoms with Crippen molar-refractivity contribution in [3.8, 4) is 11.5 Å². The summed E-state index contributed by atoms with van der Waals surface area (Å²) < 4.78 is 12.2. The second-order valence-electron chi connectivity index (χ2n) is 9.62. The number of ether oxygens (including phenoxy) is 2. The third-order valence-electron chi connectivity index (χ3n) is 6.33. The molecule has 3 rings (SSSR count). The topological polar surface area (TPSA) is 55.8 Å². The van der Waals surface area contributed by atoms with Gasteiger partial charge in [-0.05, 0) is 65.5 Å². The van der Waals surface area contributed by atoms with E-state index in [9.17, 15) is 4.79 Å². The normalized spacial score (nSPS) is 16.7. The predicted octanol–water partition coefficient (Wildman–Crippen LogP) is 6.70. The van der Waals surface area contributed by atoms with Crippen LogP contribution in [0.1, 0.15) is 86.5 Å². The van der Waals surface area contributed by atoms with Crippen molar-refractivity contribution in [1.82, 2.24) is 0 Å². The number of aromatic carboxylic acids is 1. The van der Waals surface area contributed by atoms with E-state index in [0.29, 0.717) is 6.61 Å². The SMILES string of the molecule is CCCOc1c(C=Cc2ccc(C(=O)O)cc2)c(OC)cc2c1C(C)(C)CCC2(C)C. The molecule has 0 saturated heterocycles. The van der Waals surface area contributed by atoms with Crippen molar-refractivity contribution in [3.63, 3.8) is 0 Å². The molecule has 2 aromatic rings. The quantitative estimate of drug-likeness (QED) is 0.504. The van der Waals surface area contributed by atoms with Gasteiger partial charge in [-0.15, -0.1) is 0 Å². The summed E-state index contributed by atoms with van der Waals surface area (Å²) in [4.78, 5) is 11.1. The molecule has 0 heterocycles. The number of carboxylic acids is 1. The van der Waals surface area contributed by atoms with Crippen molar-refractivity contribution >= 4 is 18.1 Å². The van der Waals surface area contributed by atoms with Crippen molar-refractivity contribution in [1.29, 1.82) is 0 Å². The Balaban J connectivity index is 2.17. The number of benzene rings is 2. The first-order chi connectivity index (χ1) is 14.6. The van der Waals surface area contributed by atoms with E-state index in [1.807, 2.05) is 24.3 Å². The number of fused-ring (bicyclic) bond motifs is 1. The monoisotopic (exact) mass is 422 g/mol. The lowest BCUT2D eigenvalue weighted by Gasteiger charge is -2.43. The highest BCUT2D eigenvalue weighted by Gasteiger charge is 2.41. The Kier molecular flexibility index (Phi) is 6.49. The molecule has 0 fully saturated rings. The van der Waals surface area contributed by atoms with Crippen molar-refractivity contribution in [2.24, 2.45) is 0 Å². The van der Waals surface area contributed by atoms with Crippen LogP contribution in [0.5, 0.6) is 11.5 Å². The molecule has 4 nitrogen and oxygen atoms in total. The molecule has 0 aromatic heterocycles. The Morgan fingerprint density at radius 2 is 1.71 bits per heavy atom. The van der Waals surface area contributed by atoms with Crippen LogP contribution in [0.15, 0.2) is 30.3 Å². The first-order valence-electron chi connectivity index (χ1n) is 11.0. The number of carboxylic acid groups (broad SMARTS) is 1. The third kappa shape index (κ3) is 4.63. The molecule has 2 aromatic carbocycles. The molecule has 0 radical (unpaired) electrons. The molecule has 0 atom stereocenters. The van der Waals surface area contributed by atoms with Gasteiger partial charge in [-0.3, -0.25) is 0 Å². The van der Waals surface area contributed by atoms with Gasteiger partial charge in [0.2, 0.25) is 0 Å². The van der Waals surface area contributed by atoms with E-state index in [1.165, 1.54) is 11.1 Å². The standard InChI is InChI=1S/C27H34O4/c1-7-16-31-24-20(13-10-18-8-11-19(12-9-18)25(28)29)22(30-6)17-21-23(24)27(4,5)15-14-26(21,2)3/h8-13,17H,7,14-16H2,1-6H3,(H,28,29). The molecule has 0 spiro atoms. The fraction of sp³-hybridized carbons (Fsp3) is 0.444. The van der Waals surface area contributed by atoms with Crippen molar-refractivity contribution in [2.75, 3.05) is 13.7 Å². The highest BCUT2D eigenvalue weighted by molar-refractivity contribution is 5.88. The summed E-state index contributed by atoms with van der Waals surface area (Å²) in [6.07, 6.45) is 7.15. The summed E-state index contributed by atoms with van der Waals surface area (Å²) >= 11 is 0. The number of methoxy groups -OCH3 is 1. The summed E-state index contributed by atoms with van der Waals surface area (Å²) in [7, 11) is 1.70. The summed E-state index contributed by atoms with van der Waals surface area (Å²) in [5.41, 5.74) is 4.77. The molecule has 1 aliphatic rings. The largest absolute Gasteiger partial charge is 0.496 e. The second-order valence-corrected chi connectivity index (χ2v) is 9.62. The lowest BCUT2D eigenvalue weighted by Crippen LogP contribution is -2.34. The summed E-state index contributed by atoms with van der Waals surface area (Å²) in [6.45, 7) is 11.9. The lowest BCUT2D eigenvalue weighted by molar-refractivity contribution is 0.0697. The number of hydrogen-bond acceptors (Lipinski definition) is 3. The maximum absolute atomic E-state index is 11.1. The smallest absolute Gasteiger partial charge is 0.335 e. The van der Waals surface area contributed by atoms with E-state index >= 15 is 0 Å². The zero-order valence-corrected chi connectivity index (χ0v) is 19.5. The van der Waals surface area contributed by atoms with E-state index in [4.69, 9.17) is 14.6 Å². The fourth-order valence-corrected chi connectivity index (χ4v) is 4.34. The molecule has 0 aliphatic heterocycles. The van der Waals surface area contributed by atoms with Crippen LogP contribution < -0.4 is 9.47 Å². The second kappa shape index (κ2) is 8.78. The first kappa shape index (κ1) is 22.9. The van der Waals surface area contributed by atoms with Gasteiger partial charge >= 0.3 is 5.97 Å². The molecular formula is C27H34O4. The molecule has 0 amide bonds. The third-order valence-corrected chi connectivity index (χ3v) is 6.33. The molecule has 0 bridgehead atoms. The van der Waals surface area contributed by atoms with E-state index in [-0.39, 0.29) is 16.4 Å². The summed E-state index contributed by atoms with van der Waals surface area (Å²) in [6, 6.07) is 9.04. The Morgan fingerprint density at radius 3 is 2.29 bits per heavy atom. The van der Waals surface area contributed by atoms with Gasteiger partial charge in [0.15, 0.2) is 0 Å². The van der Waals surface area contributed by atoms with Crippen LogP contribution >= 0.6 is 0 Å². The molecule has 31 heavy (non-hydrogen) atoms. The van der Waals surface area contributed by atoms with Crippen LogP contribution in [-0.2, 0) is 10.8 Å². The average Bonchev–Trinajstić information content (AvgIpc) is 2.73. The van der Waals surface area contributed by atoms with Crippen molar-refractivity contribution in [3.05, 3.63) is 58.1 Å². The Morgan fingerprint density at radius 1 is 1.06 bits per heavy atom. The first-order valence-corrected chi connectivity index (χ1v) is 11.0. The molecular weight excluding hydrogens is 388 g/mol. The fourth-order valence-electron chi connectivity index (χ4n) is 4.34. The van der Waals surface area contributed by atoms with E-state index in [1.54, 1.807) is 19.2 Å². The van der Waals surface area contributed by atoms with Crippen LogP contribution in [0.2, 0.25) is 0 Å². The van der Waals surface area contributed by atoms with Crippen LogP contribution in [-0.4, -0.2) is 24.8 Å². The van der Waals surface area contributed by atoms with Crippen molar-refractivity contribution in [2.45, 2.75) is 64.7 Å². The molecule has 166 valence electrons. The minimum atomic E-state index is -0.924. The lowest BCUT2D eigenvalue weighted by atomic mass is 9.62. The van der Waals surface area contributed by atoms with E-state index in [0.717, 1.165) is 41.9 Å². The number of rotatable bonds is 7. The van der Waals surface area contributed by atoms with Gasteiger partial charge in [0.1, 0.15) is 11.5 Å². The summed E-state index contributed by atoms with van der Waals surface area (Å²) in [5.74, 6) is 0.786. The van der Waals surface area contributed by atoms with Crippen molar-refractivity contribution < 1.29 is 19.4 Å². The molecule has 1 N–H and O–H groups in total. The molecule has 0 saturated carbocycles. The summed E-state index contributed by atoms with van der Waals surface area (Å²) in [5, 5.41) is 9.12. The highest BCUT2D eigenvalue weighted by atomic mass is 16.5. The average molecular weight is 423 g/mol. The van der Waals surface area contributed by atoms with Gasteiger partial charge in [0.25, 0.3) is 0 Å². The van der Waals surface area contributed by atoms with Gasteiger partial charge < -0.3 is 14.6 Å². The molecule has 0 unspecified atom stereocenters. The Labute approximate surface area is 185 Å². The maximum Gasteiger partial charge on any atom is 0.335 e. The Bertz CT molecular complexity index is 981. The van der Waals surface area contributed by atoms with Gasteiger partial charge in [-0.1, -0.05) is 52.8 Å². The number of hydrogen-bond donors (Lipinski definition) is 1. The van der Waals surface area contributed by atoms with Gasteiger partial charge in [-0.2, -0.15) is 0 Å². The highest BCUT2D eigenvalue weighted by Crippen LogP contribution is 2.53. The van der Waals surface area contributed by atoms with E-state index < -0.39 is 5.97 Å². The molecule has 1 aliphatic carbocycles. The van der Waals surface area contributed by atoms with Gasteiger partial charge in [-0.25, -0.2) is 4.79 Å². The predicted molar refractivity (Wildman–Crippen MR) is 126 cm³/mol. The van der Waals surface area contributed by atoms with E-state index in [2.05, 4.69) is 40.7 Å². The van der Waals surface area contributed by atoms with Crippen LogP contribution in [0.3, 0.4) is 0 Å². The minimum absolute atomic E-state index is 0.00588. The maximum atomic E-state index is 11.1. The zero-order valence-electron chi connectivity index (χ0n) is 19.5. The molecule has 4 heteroatoms. The minimum Gasteiger partial charge on any atom is -0.496 e. The zero-order chi connectivity index (χ0) is 22.8. The van der Waals surface area contributed by atoms with Crippen LogP contribution in [0.25, 0.3) is 12.2 Å². The van der Waals surface area contributed by atoms with Gasteiger partial charge in [0.05, 0.1) is 24.8 Å². The van der Waals surface area contributed by atoms with Crippen LogP contribution in [0, 0.1) is 0 Å². The number of carbonyl (C=O) groups is 1.